The lowest BCUT2D eigenvalue weighted by Crippen LogP contribution is -2.38. The standard InChI is InChI=1S/C15H20N4OS.C2HF3O2/c1-17(2)15(20)12-8-18(11-14-4-3-7-21-14)10-13-5-6-16-19(13)9-12;3-2(4,5)1(6)7/h3-7,12H,8-11H2,1-2H3;(H,6,7). The van der Waals surface area contributed by atoms with Crippen molar-refractivity contribution in [3.05, 3.63) is 40.3 Å². The quantitative estimate of drug-likeness (QED) is 0.828. The molecule has 1 amide bonds. The topological polar surface area (TPSA) is 78.7 Å². The van der Waals surface area contributed by atoms with Gasteiger partial charge in [-0.25, -0.2) is 4.79 Å². The van der Waals surface area contributed by atoms with Crippen molar-refractivity contribution in [3.63, 3.8) is 0 Å². The first kappa shape index (κ1) is 21.9. The molecule has 3 heterocycles. The summed E-state index contributed by atoms with van der Waals surface area (Å²) in [5.74, 6) is -2.62. The maximum atomic E-state index is 12.4. The summed E-state index contributed by atoms with van der Waals surface area (Å²) < 4.78 is 33.7. The van der Waals surface area contributed by atoms with Gasteiger partial charge in [-0.2, -0.15) is 18.3 Å². The molecule has 154 valence electrons. The van der Waals surface area contributed by atoms with E-state index in [1.807, 2.05) is 31.0 Å². The number of fused-ring (bicyclic) bond motifs is 1. The molecule has 0 fully saturated rings. The predicted octanol–water partition coefficient (Wildman–Crippen LogP) is 2.30. The van der Waals surface area contributed by atoms with Crippen molar-refractivity contribution in [2.45, 2.75) is 25.8 Å². The van der Waals surface area contributed by atoms with Gasteiger partial charge in [-0.3, -0.25) is 14.4 Å². The highest BCUT2D eigenvalue weighted by Gasteiger charge is 2.38. The number of carboxylic acids is 1. The monoisotopic (exact) mass is 418 g/mol. The predicted molar refractivity (Wildman–Crippen MR) is 96.5 cm³/mol. The Labute approximate surface area is 164 Å². The van der Waals surface area contributed by atoms with Crippen LogP contribution in [0.15, 0.2) is 29.8 Å². The third kappa shape index (κ3) is 6.06. The van der Waals surface area contributed by atoms with Gasteiger partial charge in [0.25, 0.3) is 0 Å². The number of carbonyl (C=O) groups is 2. The fourth-order valence-electron chi connectivity index (χ4n) is 2.80. The van der Waals surface area contributed by atoms with Gasteiger partial charge < -0.3 is 10.0 Å². The summed E-state index contributed by atoms with van der Waals surface area (Å²) in [5.41, 5.74) is 1.18. The number of carbonyl (C=O) groups excluding carboxylic acids is 1. The Morgan fingerprint density at radius 1 is 1.32 bits per heavy atom. The molecule has 11 heteroatoms. The molecule has 3 rings (SSSR count). The van der Waals surface area contributed by atoms with Gasteiger partial charge in [0.2, 0.25) is 5.91 Å². The minimum absolute atomic E-state index is 0.0406. The van der Waals surface area contributed by atoms with Crippen LogP contribution in [0.2, 0.25) is 0 Å². The highest BCUT2D eigenvalue weighted by Crippen LogP contribution is 2.21. The van der Waals surface area contributed by atoms with Gasteiger partial charge in [-0.1, -0.05) is 6.07 Å². The Morgan fingerprint density at radius 2 is 2.00 bits per heavy atom. The first-order valence-electron chi connectivity index (χ1n) is 8.34. The number of hydrogen-bond acceptors (Lipinski definition) is 5. The lowest BCUT2D eigenvalue weighted by Gasteiger charge is -2.24. The van der Waals surface area contributed by atoms with Crippen LogP contribution in [0.1, 0.15) is 10.6 Å². The Hall–Kier alpha value is -2.40. The second kappa shape index (κ2) is 9.20. The third-order valence-electron chi connectivity index (χ3n) is 4.05. The van der Waals surface area contributed by atoms with Crippen LogP contribution in [-0.4, -0.2) is 63.4 Å². The molecule has 1 aliphatic heterocycles. The number of hydrogen-bond donors (Lipinski definition) is 1. The van der Waals surface area contributed by atoms with Gasteiger partial charge in [0, 0.05) is 44.8 Å². The summed E-state index contributed by atoms with van der Waals surface area (Å²) in [7, 11) is 3.64. The largest absolute Gasteiger partial charge is 0.490 e. The van der Waals surface area contributed by atoms with Crippen LogP contribution >= 0.6 is 11.3 Å². The molecule has 0 aliphatic carbocycles. The van der Waals surface area contributed by atoms with E-state index in [9.17, 15) is 18.0 Å². The molecule has 1 N–H and O–H groups in total. The molecular weight excluding hydrogens is 397 g/mol. The first-order valence-corrected chi connectivity index (χ1v) is 9.22. The van der Waals surface area contributed by atoms with Crippen molar-refractivity contribution in [2.24, 2.45) is 5.92 Å². The summed E-state index contributed by atoms with van der Waals surface area (Å²) in [6.45, 7) is 3.17. The molecule has 0 saturated heterocycles. The van der Waals surface area contributed by atoms with E-state index < -0.39 is 12.1 Å². The lowest BCUT2D eigenvalue weighted by molar-refractivity contribution is -0.192. The van der Waals surface area contributed by atoms with Gasteiger partial charge >= 0.3 is 12.1 Å². The van der Waals surface area contributed by atoms with E-state index in [1.54, 1.807) is 16.2 Å². The molecule has 1 aliphatic rings. The molecule has 28 heavy (non-hydrogen) atoms. The Bertz CT molecular complexity index is 790. The van der Waals surface area contributed by atoms with Gasteiger partial charge in [0.05, 0.1) is 18.2 Å². The zero-order valence-corrected chi connectivity index (χ0v) is 16.2. The van der Waals surface area contributed by atoms with Gasteiger partial charge in [0.15, 0.2) is 0 Å². The number of halogens is 3. The summed E-state index contributed by atoms with van der Waals surface area (Å²) in [5, 5.41) is 13.6. The average Bonchev–Trinajstić information content (AvgIpc) is 3.22. The Morgan fingerprint density at radius 3 is 2.54 bits per heavy atom. The number of aliphatic carboxylic acids is 1. The molecule has 1 atom stereocenters. The normalized spacial score (nSPS) is 17.1. The number of rotatable bonds is 3. The van der Waals surface area contributed by atoms with Gasteiger partial charge in [0.1, 0.15) is 0 Å². The van der Waals surface area contributed by atoms with Crippen molar-refractivity contribution in [1.29, 1.82) is 0 Å². The van der Waals surface area contributed by atoms with Crippen LogP contribution in [0.3, 0.4) is 0 Å². The fourth-order valence-corrected chi connectivity index (χ4v) is 3.54. The second-order valence-electron chi connectivity index (χ2n) is 6.49. The number of thiophene rings is 1. The summed E-state index contributed by atoms with van der Waals surface area (Å²) in [6.07, 6.45) is -3.26. The Balaban J connectivity index is 0.000000345. The van der Waals surface area contributed by atoms with Crippen LogP contribution < -0.4 is 0 Å². The zero-order chi connectivity index (χ0) is 20.9. The van der Waals surface area contributed by atoms with Gasteiger partial charge in [-0.15, -0.1) is 11.3 Å². The summed E-state index contributed by atoms with van der Waals surface area (Å²) in [6, 6.07) is 6.27. The fraction of sp³-hybridized carbons (Fsp3) is 0.471. The molecule has 1 unspecified atom stereocenters. The maximum absolute atomic E-state index is 12.4. The molecular formula is C17H21F3N4O3S. The van der Waals surface area contributed by atoms with E-state index in [-0.39, 0.29) is 11.8 Å². The van der Waals surface area contributed by atoms with Crippen molar-refractivity contribution in [3.8, 4) is 0 Å². The van der Waals surface area contributed by atoms with Crippen molar-refractivity contribution >= 4 is 23.2 Å². The Kier molecular flexibility index (Phi) is 7.19. The molecule has 0 spiro atoms. The van der Waals surface area contributed by atoms with E-state index in [4.69, 9.17) is 9.90 Å². The van der Waals surface area contributed by atoms with Gasteiger partial charge in [-0.05, 0) is 17.5 Å². The molecule has 0 bridgehead atoms. The van der Waals surface area contributed by atoms with E-state index in [2.05, 4.69) is 27.5 Å². The molecule has 7 nitrogen and oxygen atoms in total. The molecule has 2 aromatic heterocycles. The average molecular weight is 418 g/mol. The summed E-state index contributed by atoms with van der Waals surface area (Å²) >= 11 is 1.76. The highest BCUT2D eigenvalue weighted by atomic mass is 32.1. The number of alkyl halides is 3. The SMILES string of the molecule is CN(C)C(=O)C1CN(Cc2cccs2)Cc2ccnn2C1.O=C(O)C(F)(F)F. The molecule has 0 saturated carbocycles. The number of amides is 1. The molecule has 0 radical (unpaired) electrons. The molecule has 2 aromatic rings. The van der Waals surface area contributed by atoms with E-state index in [0.29, 0.717) is 6.54 Å². The minimum atomic E-state index is -5.08. The molecule has 0 aromatic carbocycles. The lowest BCUT2D eigenvalue weighted by atomic mass is 10.1. The van der Waals surface area contributed by atoms with E-state index in [0.717, 1.165) is 19.6 Å². The number of nitrogens with zero attached hydrogens (tertiary/aromatic N) is 4. The van der Waals surface area contributed by atoms with E-state index >= 15 is 0 Å². The number of aromatic nitrogens is 2. The maximum Gasteiger partial charge on any atom is 0.490 e. The van der Waals surface area contributed by atoms with Crippen LogP contribution in [0, 0.1) is 5.92 Å². The van der Waals surface area contributed by atoms with Crippen molar-refractivity contribution in [1.82, 2.24) is 19.6 Å². The summed E-state index contributed by atoms with van der Waals surface area (Å²) in [4.78, 5) is 26.6. The first-order chi connectivity index (χ1) is 13.1. The minimum Gasteiger partial charge on any atom is -0.475 e. The van der Waals surface area contributed by atoms with Crippen LogP contribution in [0.5, 0.6) is 0 Å². The van der Waals surface area contributed by atoms with Crippen LogP contribution in [0.4, 0.5) is 13.2 Å². The smallest absolute Gasteiger partial charge is 0.475 e. The van der Waals surface area contributed by atoms with Crippen molar-refractivity contribution < 1.29 is 27.9 Å². The van der Waals surface area contributed by atoms with Crippen molar-refractivity contribution in [2.75, 3.05) is 20.6 Å². The zero-order valence-electron chi connectivity index (χ0n) is 15.4. The van der Waals surface area contributed by atoms with Crippen LogP contribution in [0.25, 0.3) is 0 Å². The van der Waals surface area contributed by atoms with Crippen LogP contribution in [-0.2, 0) is 29.2 Å². The highest BCUT2D eigenvalue weighted by molar-refractivity contribution is 7.09. The van der Waals surface area contributed by atoms with E-state index in [1.165, 1.54) is 10.6 Å². The second-order valence-corrected chi connectivity index (χ2v) is 7.52. The third-order valence-corrected chi connectivity index (χ3v) is 4.92. The number of carboxylic acid groups (broad SMARTS) is 1.